The lowest BCUT2D eigenvalue weighted by Crippen LogP contribution is -2.63. The van der Waals surface area contributed by atoms with Crippen LogP contribution in [0.4, 0.5) is 0 Å². The minimum atomic E-state index is -1.01. The Kier molecular flexibility index (Phi) is 8.01. The standard InChI is InChI=1S/C16H16ClN3O7S/c1-8(23)24-5-12-14(25-6-21)13(19)15(26-7-22)16(27-12)28-9-2-10(17)11(3-18)20-4-9/h2,4,6-7,12-16H,5,19H2,1H3. The van der Waals surface area contributed by atoms with Gasteiger partial charge in [-0.3, -0.25) is 14.4 Å². The fourth-order valence-electron chi connectivity index (χ4n) is 2.53. The Labute approximate surface area is 169 Å². The molecule has 28 heavy (non-hydrogen) atoms. The first-order valence-electron chi connectivity index (χ1n) is 7.86. The second-order valence-electron chi connectivity index (χ2n) is 5.55. The number of hydrogen-bond acceptors (Lipinski definition) is 11. The molecule has 1 aliphatic heterocycles. The Balaban J connectivity index is 2.26. The van der Waals surface area contributed by atoms with Gasteiger partial charge in [-0.1, -0.05) is 23.4 Å². The molecule has 2 N–H and O–H groups in total. The number of ether oxygens (including phenoxy) is 4. The zero-order valence-corrected chi connectivity index (χ0v) is 16.1. The summed E-state index contributed by atoms with van der Waals surface area (Å²) in [5.74, 6) is -0.555. The number of thioether (sulfide) groups is 1. The number of carbonyl (C=O) groups excluding carboxylic acids is 3. The topological polar surface area (TPSA) is 151 Å². The van der Waals surface area contributed by atoms with Crippen LogP contribution in [0.1, 0.15) is 12.6 Å². The van der Waals surface area contributed by atoms with Crippen molar-refractivity contribution in [3.05, 3.63) is 23.0 Å². The maximum Gasteiger partial charge on any atom is 0.302 e. The van der Waals surface area contributed by atoms with Crippen LogP contribution in [0.3, 0.4) is 0 Å². The molecule has 10 nitrogen and oxygen atoms in total. The Bertz CT molecular complexity index is 775. The van der Waals surface area contributed by atoms with Crippen molar-refractivity contribution in [3.63, 3.8) is 0 Å². The smallest absolute Gasteiger partial charge is 0.302 e. The molecular formula is C16H16ClN3O7S. The summed E-state index contributed by atoms with van der Waals surface area (Å²) >= 11 is 7.06. The zero-order valence-electron chi connectivity index (χ0n) is 14.5. The lowest BCUT2D eigenvalue weighted by atomic mass is 9.98. The first kappa shape index (κ1) is 21.9. The van der Waals surface area contributed by atoms with E-state index in [9.17, 15) is 14.4 Å². The highest BCUT2D eigenvalue weighted by Crippen LogP contribution is 2.35. The van der Waals surface area contributed by atoms with E-state index in [2.05, 4.69) is 4.98 Å². The number of nitrogens with zero attached hydrogens (tertiary/aromatic N) is 2. The number of halogens is 1. The Morgan fingerprint density at radius 3 is 2.68 bits per heavy atom. The molecule has 150 valence electrons. The van der Waals surface area contributed by atoms with E-state index < -0.39 is 35.8 Å². The second-order valence-corrected chi connectivity index (χ2v) is 7.13. The predicted molar refractivity (Wildman–Crippen MR) is 95.0 cm³/mol. The minimum absolute atomic E-state index is 0.0557. The van der Waals surface area contributed by atoms with Gasteiger partial charge >= 0.3 is 5.97 Å². The van der Waals surface area contributed by atoms with Crippen LogP contribution in [0.2, 0.25) is 5.02 Å². The molecule has 2 heterocycles. The van der Waals surface area contributed by atoms with Gasteiger partial charge in [-0.05, 0) is 6.07 Å². The van der Waals surface area contributed by atoms with Gasteiger partial charge in [-0.25, -0.2) is 4.98 Å². The molecule has 5 unspecified atom stereocenters. The molecule has 0 aliphatic carbocycles. The molecule has 12 heteroatoms. The van der Waals surface area contributed by atoms with Crippen molar-refractivity contribution >= 4 is 42.3 Å². The molecule has 1 aromatic rings. The average molecular weight is 430 g/mol. The van der Waals surface area contributed by atoms with E-state index in [1.807, 2.05) is 6.07 Å². The normalized spacial score (nSPS) is 26.6. The van der Waals surface area contributed by atoms with Crippen LogP contribution in [-0.4, -0.2) is 60.3 Å². The number of rotatable bonds is 8. The SMILES string of the molecule is CC(=O)OCC1OC(Sc2cnc(C#N)c(Cl)c2)C(OC=O)C(N)C1OC=O. The fraction of sp³-hybridized carbons (Fsp3) is 0.438. The van der Waals surface area contributed by atoms with Crippen LogP contribution in [0.5, 0.6) is 0 Å². The van der Waals surface area contributed by atoms with Crippen LogP contribution in [0.15, 0.2) is 17.2 Å². The maximum absolute atomic E-state index is 11.1. The minimum Gasteiger partial charge on any atom is -0.463 e. The largest absolute Gasteiger partial charge is 0.463 e. The van der Waals surface area contributed by atoms with E-state index in [0.29, 0.717) is 4.90 Å². The molecule has 1 aliphatic rings. The number of aromatic nitrogens is 1. The highest BCUT2D eigenvalue weighted by Gasteiger charge is 2.47. The Hall–Kier alpha value is -2.39. The number of hydrogen-bond donors (Lipinski definition) is 1. The van der Waals surface area contributed by atoms with Crippen LogP contribution >= 0.6 is 23.4 Å². The van der Waals surface area contributed by atoms with E-state index in [0.717, 1.165) is 11.8 Å². The molecular weight excluding hydrogens is 414 g/mol. The van der Waals surface area contributed by atoms with Gasteiger partial charge in [0.25, 0.3) is 12.9 Å². The molecule has 1 saturated heterocycles. The average Bonchev–Trinajstić information content (AvgIpc) is 2.65. The Morgan fingerprint density at radius 2 is 2.11 bits per heavy atom. The molecule has 0 amide bonds. The van der Waals surface area contributed by atoms with Crippen molar-refractivity contribution in [2.24, 2.45) is 5.73 Å². The van der Waals surface area contributed by atoms with E-state index in [1.165, 1.54) is 19.2 Å². The van der Waals surface area contributed by atoms with Crippen molar-refractivity contribution in [2.45, 2.75) is 41.6 Å². The summed E-state index contributed by atoms with van der Waals surface area (Å²) in [6.07, 6.45) is -1.50. The molecule has 0 radical (unpaired) electrons. The number of nitrogens with two attached hydrogens (primary N) is 1. The molecule has 1 fully saturated rings. The van der Waals surface area contributed by atoms with Gasteiger partial charge in [-0.2, -0.15) is 5.26 Å². The quantitative estimate of drug-likeness (QED) is 0.347. The van der Waals surface area contributed by atoms with Crippen LogP contribution in [0.25, 0.3) is 0 Å². The molecule has 0 saturated carbocycles. The van der Waals surface area contributed by atoms with Gasteiger partial charge in [-0.15, -0.1) is 0 Å². The summed E-state index contributed by atoms with van der Waals surface area (Å²) in [5, 5.41) is 9.05. The summed E-state index contributed by atoms with van der Waals surface area (Å²) < 4.78 is 20.8. The van der Waals surface area contributed by atoms with Crippen molar-refractivity contribution in [2.75, 3.05) is 6.61 Å². The molecule has 2 rings (SSSR count). The van der Waals surface area contributed by atoms with E-state index in [4.69, 9.17) is 41.5 Å². The summed E-state index contributed by atoms with van der Waals surface area (Å²) in [5.41, 5.74) is 5.33. The van der Waals surface area contributed by atoms with Crippen LogP contribution in [-0.2, 0) is 33.3 Å². The third kappa shape index (κ3) is 5.32. The highest BCUT2D eigenvalue weighted by atomic mass is 35.5. The highest BCUT2D eigenvalue weighted by molar-refractivity contribution is 7.99. The molecule has 1 aromatic heterocycles. The lowest BCUT2D eigenvalue weighted by Gasteiger charge is -2.42. The molecule has 0 bridgehead atoms. The van der Waals surface area contributed by atoms with E-state index in [-0.39, 0.29) is 30.3 Å². The van der Waals surface area contributed by atoms with Crippen molar-refractivity contribution in [1.29, 1.82) is 5.26 Å². The summed E-state index contributed by atoms with van der Waals surface area (Å²) in [4.78, 5) is 37.3. The van der Waals surface area contributed by atoms with Crippen LogP contribution in [0, 0.1) is 11.3 Å². The molecule has 0 aromatic carbocycles. The lowest BCUT2D eigenvalue weighted by molar-refractivity contribution is -0.192. The summed E-state index contributed by atoms with van der Waals surface area (Å²) in [6, 6.07) is 2.39. The molecule has 5 atom stereocenters. The second kappa shape index (κ2) is 10.2. The first-order valence-corrected chi connectivity index (χ1v) is 9.12. The van der Waals surface area contributed by atoms with Gasteiger partial charge < -0.3 is 24.7 Å². The van der Waals surface area contributed by atoms with Gasteiger partial charge in [0.1, 0.15) is 30.3 Å². The van der Waals surface area contributed by atoms with E-state index >= 15 is 0 Å². The number of carbonyl (C=O) groups is 3. The monoisotopic (exact) mass is 429 g/mol. The van der Waals surface area contributed by atoms with Crippen molar-refractivity contribution in [1.82, 2.24) is 4.98 Å². The third-order valence-corrected chi connectivity index (χ3v) is 5.15. The Morgan fingerprint density at radius 1 is 1.43 bits per heavy atom. The number of esters is 1. The first-order chi connectivity index (χ1) is 13.4. The third-order valence-electron chi connectivity index (χ3n) is 3.75. The van der Waals surface area contributed by atoms with Gasteiger partial charge in [0.05, 0.1) is 11.1 Å². The van der Waals surface area contributed by atoms with Crippen molar-refractivity contribution in [3.8, 4) is 6.07 Å². The van der Waals surface area contributed by atoms with Gasteiger partial charge in [0.2, 0.25) is 0 Å². The van der Waals surface area contributed by atoms with Crippen LogP contribution < -0.4 is 5.73 Å². The van der Waals surface area contributed by atoms with E-state index in [1.54, 1.807) is 0 Å². The van der Waals surface area contributed by atoms with Crippen molar-refractivity contribution < 1.29 is 33.3 Å². The molecule has 0 spiro atoms. The summed E-state index contributed by atoms with van der Waals surface area (Å²) in [6.45, 7) is 1.38. The maximum atomic E-state index is 11.1. The van der Waals surface area contributed by atoms with Gasteiger partial charge in [0.15, 0.2) is 11.8 Å². The predicted octanol–water partition coefficient (Wildman–Crippen LogP) is 0.397. The zero-order chi connectivity index (χ0) is 20.7. The number of nitriles is 1. The summed E-state index contributed by atoms with van der Waals surface area (Å²) in [7, 11) is 0. The number of pyridine rings is 1. The fourth-order valence-corrected chi connectivity index (χ4v) is 3.95. The van der Waals surface area contributed by atoms with Gasteiger partial charge in [0, 0.05) is 18.0 Å².